The third-order valence-electron chi connectivity index (χ3n) is 4.39. The van der Waals surface area contributed by atoms with Crippen LogP contribution in [0, 0.1) is 5.92 Å². The molecule has 1 fully saturated rings. The first-order valence-corrected chi connectivity index (χ1v) is 8.95. The second-order valence-corrected chi connectivity index (χ2v) is 6.45. The molecule has 3 rings (SSSR count). The highest BCUT2D eigenvalue weighted by Gasteiger charge is 2.28. The Kier molecular flexibility index (Phi) is 6.83. The summed E-state index contributed by atoms with van der Waals surface area (Å²) in [5.74, 6) is 1.17. The maximum absolute atomic E-state index is 6.10. The molecule has 2 aromatic rings. The molecule has 0 radical (unpaired) electrons. The lowest BCUT2D eigenvalue weighted by Crippen LogP contribution is -2.33. The van der Waals surface area contributed by atoms with E-state index in [-0.39, 0.29) is 12.4 Å². The van der Waals surface area contributed by atoms with Gasteiger partial charge in [-0.2, -0.15) is 0 Å². The van der Waals surface area contributed by atoms with Gasteiger partial charge in [-0.3, -0.25) is 0 Å². The topological polar surface area (TPSA) is 36.9 Å². The smallest absolute Gasteiger partial charge is 0.184 e. The second kappa shape index (κ2) is 9.53. The molecule has 1 aliphatic rings. The van der Waals surface area contributed by atoms with Crippen molar-refractivity contribution in [3.8, 4) is 5.75 Å². The summed E-state index contributed by atoms with van der Waals surface area (Å²) in [6.45, 7) is 3.94. The maximum Gasteiger partial charge on any atom is 0.184 e. The Morgan fingerprint density at radius 1 is 1.08 bits per heavy atom. The summed E-state index contributed by atoms with van der Waals surface area (Å²) >= 11 is 0. The van der Waals surface area contributed by atoms with Crippen LogP contribution >= 0.6 is 0 Å². The molecule has 0 aliphatic carbocycles. The lowest BCUT2D eigenvalue weighted by Gasteiger charge is -2.33. The minimum absolute atomic E-state index is 0.0264. The zero-order chi connectivity index (χ0) is 18.2. The van der Waals surface area contributed by atoms with E-state index in [9.17, 15) is 0 Å². The fraction of sp³-hybridized carbons (Fsp3) is 0.364. The van der Waals surface area contributed by atoms with E-state index in [1.807, 2.05) is 60.7 Å². The Morgan fingerprint density at radius 2 is 1.85 bits per heavy atom. The van der Waals surface area contributed by atoms with Gasteiger partial charge in [-0.05, 0) is 17.7 Å². The summed E-state index contributed by atoms with van der Waals surface area (Å²) < 4.78 is 22.8. The van der Waals surface area contributed by atoms with E-state index in [0.717, 1.165) is 16.9 Å². The van der Waals surface area contributed by atoms with Crippen molar-refractivity contribution >= 4 is 0 Å². The van der Waals surface area contributed by atoms with Crippen LogP contribution in [0.25, 0.3) is 0 Å². The lowest BCUT2D eigenvalue weighted by atomic mass is 10.0. The van der Waals surface area contributed by atoms with E-state index < -0.39 is 0 Å². The van der Waals surface area contributed by atoms with Crippen LogP contribution in [0.5, 0.6) is 5.75 Å². The highest BCUT2D eigenvalue weighted by molar-refractivity contribution is 5.26. The molecular weight excluding hydrogens is 328 g/mol. The van der Waals surface area contributed by atoms with Crippen molar-refractivity contribution in [1.82, 2.24) is 0 Å². The van der Waals surface area contributed by atoms with Gasteiger partial charge in [0.2, 0.25) is 0 Å². The molecule has 2 aromatic carbocycles. The Hall–Kier alpha value is -2.14. The normalized spacial score (nSPS) is 23.2. The van der Waals surface area contributed by atoms with Gasteiger partial charge in [0.1, 0.15) is 5.75 Å². The summed E-state index contributed by atoms with van der Waals surface area (Å²) in [6, 6.07) is 17.9. The van der Waals surface area contributed by atoms with Crippen LogP contribution in [0.15, 0.2) is 66.7 Å². The second-order valence-electron chi connectivity index (χ2n) is 6.45. The van der Waals surface area contributed by atoms with Gasteiger partial charge in [-0.1, -0.05) is 61.5 Å². The van der Waals surface area contributed by atoms with Gasteiger partial charge in [0, 0.05) is 11.5 Å². The van der Waals surface area contributed by atoms with Crippen LogP contribution in [0.4, 0.5) is 0 Å². The van der Waals surface area contributed by atoms with E-state index >= 15 is 0 Å². The Labute approximate surface area is 155 Å². The Morgan fingerprint density at radius 3 is 2.58 bits per heavy atom. The minimum Gasteiger partial charge on any atom is -0.497 e. The molecule has 0 aromatic heterocycles. The average molecular weight is 354 g/mol. The molecule has 0 amide bonds. The van der Waals surface area contributed by atoms with Gasteiger partial charge in [-0.25, -0.2) is 0 Å². The summed E-state index contributed by atoms with van der Waals surface area (Å²) in [5, 5.41) is 0. The van der Waals surface area contributed by atoms with E-state index in [2.05, 4.69) is 13.0 Å². The van der Waals surface area contributed by atoms with Gasteiger partial charge in [0.25, 0.3) is 0 Å². The standard InChI is InChI=1S/C22H26O4/c1-17-15-25-22(19-7-4-3-5-8-19)26-21(17)9-6-14-24-16-18-10-12-20(23-2)13-11-18/h3-13,17,21-22H,14-16H2,1-2H3/b9-6+/t17-,21-,22?/m0/s1. The van der Waals surface area contributed by atoms with Crippen LogP contribution in [-0.2, 0) is 20.8 Å². The molecule has 1 aliphatic heterocycles. The zero-order valence-corrected chi connectivity index (χ0v) is 15.3. The van der Waals surface area contributed by atoms with Gasteiger partial charge in [0.15, 0.2) is 6.29 Å². The number of ether oxygens (including phenoxy) is 4. The van der Waals surface area contributed by atoms with Crippen molar-refractivity contribution in [2.24, 2.45) is 5.92 Å². The Balaban J connectivity index is 1.45. The molecule has 1 unspecified atom stereocenters. The molecule has 3 atom stereocenters. The van der Waals surface area contributed by atoms with Crippen LogP contribution in [0.2, 0.25) is 0 Å². The molecule has 4 heteroatoms. The van der Waals surface area contributed by atoms with Crippen molar-refractivity contribution < 1.29 is 18.9 Å². The number of benzene rings is 2. The highest BCUT2D eigenvalue weighted by Crippen LogP contribution is 2.29. The molecule has 0 N–H and O–H groups in total. The predicted octanol–water partition coefficient (Wildman–Crippen LogP) is 4.52. The van der Waals surface area contributed by atoms with Gasteiger partial charge in [0.05, 0.1) is 33.0 Å². The number of methoxy groups -OCH3 is 1. The minimum atomic E-state index is -0.303. The fourth-order valence-corrected chi connectivity index (χ4v) is 2.83. The van der Waals surface area contributed by atoms with Crippen LogP contribution in [0.1, 0.15) is 24.3 Å². The molecule has 0 bridgehead atoms. The first-order chi connectivity index (χ1) is 12.8. The van der Waals surface area contributed by atoms with Gasteiger partial charge in [-0.15, -0.1) is 0 Å². The van der Waals surface area contributed by atoms with Crippen molar-refractivity contribution in [3.05, 3.63) is 77.9 Å². The van der Waals surface area contributed by atoms with Crippen LogP contribution < -0.4 is 4.74 Å². The molecule has 1 heterocycles. The van der Waals surface area contributed by atoms with Crippen molar-refractivity contribution in [1.29, 1.82) is 0 Å². The molecule has 0 spiro atoms. The summed E-state index contributed by atoms with van der Waals surface area (Å²) in [7, 11) is 1.66. The van der Waals surface area contributed by atoms with Gasteiger partial charge < -0.3 is 18.9 Å². The Bertz CT molecular complexity index is 681. The van der Waals surface area contributed by atoms with Crippen molar-refractivity contribution in [3.63, 3.8) is 0 Å². The summed E-state index contributed by atoms with van der Waals surface area (Å²) in [6.07, 6.45) is 3.83. The number of hydrogen-bond donors (Lipinski definition) is 0. The SMILES string of the molecule is COc1ccc(COC/C=C/[C@@H]2OC(c3ccccc3)OC[C@@H]2C)cc1. The van der Waals surface area contributed by atoms with Gasteiger partial charge >= 0.3 is 0 Å². The van der Waals surface area contributed by atoms with E-state index in [0.29, 0.717) is 25.7 Å². The zero-order valence-electron chi connectivity index (χ0n) is 15.3. The molecule has 4 nitrogen and oxygen atoms in total. The first kappa shape index (κ1) is 18.6. The maximum atomic E-state index is 6.10. The third kappa shape index (κ3) is 5.18. The molecule has 26 heavy (non-hydrogen) atoms. The predicted molar refractivity (Wildman–Crippen MR) is 101 cm³/mol. The molecular formula is C22H26O4. The number of rotatable bonds is 7. The van der Waals surface area contributed by atoms with E-state index in [1.165, 1.54) is 0 Å². The molecule has 1 saturated heterocycles. The highest BCUT2D eigenvalue weighted by atomic mass is 16.7. The van der Waals surface area contributed by atoms with E-state index in [4.69, 9.17) is 18.9 Å². The molecule has 138 valence electrons. The first-order valence-electron chi connectivity index (χ1n) is 8.95. The van der Waals surface area contributed by atoms with E-state index in [1.54, 1.807) is 7.11 Å². The third-order valence-corrected chi connectivity index (χ3v) is 4.39. The molecule has 0 saturated carbocycles. The summed E-state index contributed by atoms with van der Waals surface area (Å²) in [5.41, 5.74) is 2.17. The number of hydrogen-bond acceptors (Lipinski definition) is 4. The summed E-state index contributed by atoms with van der Waals surface area (Å²) in [4.78, 5) is 0. The fourth-order valence-electron chi connectivity index (χ4n) is 2.83. The van der Waals surface area contributed by atoms with Crippen LogP contribution in [0.3, 0.4) is 0 Å². The monoisotopic (exact) mass is 354 g/mol. The largest absolute Gasteiger partial charge is 0.497 e. The lowest BCUT2D eigenvalue weighted by molar-refractivity contribution is -0.225. The van der Waals surface area contributed by atoms with Crippen molar-refractivity contribution in [2.45, 2.75) is 25.9 Å². The average Bonchev–Trinajstić information content (AvgIpc) is 2.70. The van der Waals surface area contributed by atoms with Crippen LogP contribution in [-0.4, -0.2) is 26.4 Å². The van der Waals surface area contributed by atoms with Crippen molar-refractivity contribution in [2.75, 3.05) is 20.3 Å². The quantitative estimate of drug-likeness (QED) is 0.541.